The van der Waals surface area contributed by atoms with Crippen LogP contribution in [0.4, 0.5) is 5.69 Å². The lowest BCUT2D eigenvalue weighted by atomic mass is 10.1. The standard InChI is InChI=1S/C19H19NO6S/c1-26-14-5-3-4-11(7-14)16-10-17(16)18(21)20-13-6-12(19(22)23)8-15(9-13)27(2,24)25/h3-9,16-17H,10H2,1-2H3,(H,20,21)(H,22,23). The highest BCUT2D eigenvalue weighted by atomic mass is 32.2. The molecule has 1 saturated carbocycles. The number of sulfone groups is 1. The molecule has 0 bridgehead atoms. The molecule has 2 atom stereocenters. The van der Waals surface area contributed by atoms with Crippen molar-refractivity contribution in [2.75, 3.05) is 18.7 Å². The number of hydrogen-bond donors (Lipinski definition) is 2. The van der Waals surface area contributed by atoms with Crippen molar-refractivity contribution in [1.29, 1.82) is 0 Å². The highest BCUT2D eigenvalue weighted by molar-refractivity contribution is 7.90. The van der Waals surface area contributed by atoms with Crippen molar-refractivity contribution >= 4 is 27.4 Å². The highest BCUT2D eigenvalue weighted by Crippen LogP contribution is 2.48. The fourth-order valence-corrected chi connectivity index (χ4v) is 3.65. The van der Waals surface area contributed by atoms with Gasteiger partial charge in [-0.25, -0.2) is 13.2 Å². The first-order chi connectivity index (χ1) is 12.7. The van der Waals surface area contributed by atoms with E-state index in [0.29, 0.717) is 12.2 Å². The third-order valence-corrected chi connectivity index (χ3v) is 5.59. The molecule has 0 spiro atoms. The summed E-state index contributed by atoms with van der Waals surface area (Å²) in [6.07, 6.45) is 1.65. The maximum atomic E-state index is 12.5. The molecular weight excluding hydrogens is 370 g/mol. The molecule has 2 N–H and O–H groups in total. The molecule has 3 rings (SSSR count). The Bertz CT molecular complexity index is 1010. The predicted octanol–water partition coefficient (Wildman–Crippen LogP) is 2.54. The van der Waals surface area contributed by atoms with E-state index in [2.05, 4.69) is 5.32 Å². The summed E-state index contributed by atoms with van der Waals surface area (Å²) in [5.41, 5.74) is 0.940. The summed E-state index contributed by atoms with van der Waals surface area (Å²) >= 11 is 0. The average Bonchev–Trinajstić information content (AvgIpc) is 3.41. The smallest absolute Gasteiger partial charge is 0.335 e. The number of benzene rings is 2. The third kappa shape index (κ3) is 4.28. The summed E-state index contributed by atoms with van der Waals surface area (Å²) in [7, 11) is -2.04. The molecule has 1 aliphatic rings. The van der Waals surface area contributed by atoms with Crippen molar-refractivity contribution in [3.8, 4) is 5.75 Å². The van der Waals surface area contributed by atoms with Crippen LogP contribution in [0.2, 0.25) is 0 Å². The van der Waals surface area contributed by atoms with Crippen molar-refractivity contribution < 1.29 is 27.9 Å². The van der Waals surface area contributed by atoms with E-state index in [1.165, 1.54) is 12.1 Å². The first kappa shape index (κ1) is 18.9. The minimum absolute atomic E-state index is 0.0529. The molecule has 8 heteroatoms. The van der Waals surface area contributed by atoms with Crippen LogP contribution in [0.3, 0.4) is 0 Å². The van der Waals surface area contributed by atoms with E-state index in [-0.39, 0.29) is 33.9 Å². The van der Waals surface area contributed by atoms with Crippen molar-refractivity contribution in [2.24, 2.45) is 5.92 Å². The molecule has 2 aromatic rings. The minimum Gasteiger partial charge on any atom is -0.497 e. The number of aromatic carboxylic acids is 1. The van der Waals surface area contributed by atoms with Gasteiger partial charge in [-0.2, -0.15) is 0 Å². The van der Waals surface area contributed by atoms with E-state index < -0.39 is 15.8 Å². The second-order valence-corrected chi connectivity index (χ2v) is 8.55. The second kappa shape index (κ2) is 7.03. The van der Waals surface area contributed by atoms with Crippen molar-refractivity contribution in [3.05, 3.63) is 53.6 Å². The monoisotopic (exact) mass is 389 g/mol. The molecule has 0 heterocycles. The summed E-state index contributed by atoms with van der Waals surface area (Å²) in [4.78, 5) is 23.6. The van der Waals surface area contributed by atoms with E-state index in [0.717, 1.165) is 17.9 Å². The number of carbonyl (C=O) groups is 2. The molecule has 1 aliphatic carbocycles. The number of amides is 1. The molecule has 142 valence electrons. The van der Waals surface area contributed by atoms with Crippen LogP contribution < -0.4 is 10.1 Å². The topological polar surface area (TPSA) is 110 Å². The van der Waals surface area contributed by atoms with Crippen LogP contribution in [0, 0.1) is 5.92 Å². The van der Waals surface area contributed by atoms with Gasteiger partial charge in [0.15, 0.2) is 9.84 Å². The summed E-state index contributed by atoms with van der Waals surface area (Å²) in [5.74, 6) is -1.03. The Balaban J connectivity index is 1.78. The lowest BCUT2D eigenvalue weighted by Crippen LogP contribution is -2.15. The average molecular weight is 389 g/mol. The largest absolute Gasteiger partial charge is 0.497 e. The highest BCUT2D eigenvalue weighted by Gasteiger charge is 2.44. The zero-order chi connectivity index (χ0) is 19.8. The van der Waals surface area contributed by atoms with E-state index in [1.807, 2.05) is 24.3 Å². The number of rotatable bonds is 6. The number of methoxy groups -OCH3 is 1. The molecule has 0 aliphatic heterocycles. The van der Waals surface area contributed by atoms with Gasteiger partial charge in [0.1, 0.15) is 5.75 Å². The number of carboxylic acids is 1. The van der Waals surface area contributed by atoms with Gasteiger partial charge in [-0.05, 0) is 48.2 Å². The Morgan fingerprint density at radius 2 is 1.93 bits per heavy atom. The summed E-state index contributed by atoms with van der Waals surface area (Å²) in [6, 6.07) is 11.1. The quantitative estimate of drug-likeness (QED) is 0.786. The molecule has 1 fully saturated rings. The van der Waals surface area contributed by atoms with Crippen molar-refractivity contribution in [1.82, 2.24) is 0 Å². The molecular formula is C19H19NO6S. The molecule has 0 aromatic heterocycles. The zero-order valence-electron chi connectivity index (χ0n) is 14.8. The number of ether oxygens (including phenoxy) is 1. The minimum atomic E-state index is -3.61. The number of nitrogens with one attached hydrogen (secondary N) is 1. The fraction of sp³-hybridized carbons (Fsp3) is 0.263. The lowest BCUT2D eigenvalue weighted by molar-refractivity contribution is -0.117. The van der Waals surface area contributed by atoms with E-state index in [4.69, 9.17) is 4.74 Å². The van der Waals surface area contributed by atoms with E-state index >= 15 is 0 Å². The third-order valence-electron chi connectivity index (χ3n) is 4.50. The van der Waals surface area contributed by atoms with Gasteiger partial charge in [0, 0.05) is 17.9 Å². The van der Waals surface area contributed by atoms with Crippen molar-refractivity contribution in [3.63, 3.8) is 0 Å². The van der Waals surface area contributed by atoms with Gasteiger partial charge in [0.2, 0.25) is 5.91 Å². The van der Waals surface area contributed by atoms with Gasteiger partial charge < -0.3 is 15.2 Å². The second-order valence-electron chi connectivity index (χ2n) is 6.54. The molecule has 1 amide bonds. The molecule has 2 unspecified atom stereocenters. The van der Waals surface area contributed by atoms with Crippen LogP contribution in [-0.2, 0) is 14.6 Å². The van der Waals surface area contributed by atoms with Gasteiger partial charge in [-0.15, -0.1) is 0 Å². The molecule has 0 saturated heterocycles. The maximum Gasteiger partial charge on any atom is 0.335 e. The fourth-order valence-electron chi connectivity index (χ4n) is 2.97. The summed E-state index contributed by atoms with van der Waals surface area (Å²) in [6.45, 7) is 0. The zero-order valence-corrected chi connectivity index (χ0v) is 15.6. The van der Waals surface area contributed by atoms with Crippen LogP contribution in [0.5, 0.6) is 5.75 Å². The Morgan fingerprint density at radius 3 is 2.56 bits per heavy atom. The van der Waals surface area contributed by atoms with Crippen LogP contribution in [0.25, 0.3) is 0 Å². The summed E-state index contributed by atoms with van der Waals surface area (Å²) < 4.78 is 28.7. The normalized spacial score (nSPS) is 18.6. The van der Waals surface area contributed by atoms with E-state index in [1.54, 1.807) is 7.11 Å². The molecule has 7 nitrogen and oxygen atoms in total. The number of anilines is 1. The molecule has 27 heavy (non-hydrogen) atoms. The number of carboxylic acid groups (broad SMARTS) is 1. The summed E-state index contributed by atoms with van der Waals surface area (Å²) in [5, 5.41) is 11.8. The predicted molar refractivity (Wildman–Crippen MR) is 99.0 cm³/mol. The molecule has 0 radical (unpaired) electrons. The SMILES string of the molecule is COc1cccc(C2CC2C(=O)Nc2cc(C(=O)O)cc(S(C)(=O)=O)c2)c1. The number of hydrogen-bond acceptors (Lipinski definition) is 5. The van der Waals surface area contributed by atoms with Crippen LogP contribution in [0.15, 0.2) is 47.4 Å². The van der Waals surface area contributed by atoms with Gasteiger partial charge in [-0.1, -0.05) is 12.1 Å². The maximum absolute atomic E-state index is 12.5. The Morgan fingerprint density at radius 1 is 1.19 bits per heavy atom. The first-order valence-corrected chi connectivity index (χ1v) is 10.1. The van der Waals surface area contributed by atoms with Gasteiger partial charge in [0.05, 0.1) is 17.6 Å². The van der Waals surface area contributed by atoms with Gasteiger partial charge in [0.25, 0.3) is 0 Å². The van der Waals surface area contributed by atoms with Crippen molar-refractivity contribution in [2.45, 2.75) is 17.2 Å². The Hall–Kier alpha value is -2.87. The lowest BCUT2D eigenvalue weighted by Gasteiger charge is -2.09. The number of carbonyl (C=O) groups excluding carboxylic acids is 1. The van der Waals surface area contributed by atoms with E-state index in [9.17, 15) is 23.1 Å². The Kier molecular flexibility index (Phi) is 4.93. The van der Waals surface area contributed by atoms with Gasteiger partial charge >= 0.3 is 5.97 Å². The Labute approximate surface area is 156 Å². The first-order valence-electron chi connectivity index (χ1n) is 8.22. The van der Waals surface area contributed by atoms with Crippen LogP contribution >= 0.6 is 0 Å². The van der Waals surface area contributed by atoms with Gasteiger partial charge in [-0.3, -0.25) is 4.79 Å². The van der Waals surface area contributed by atoms with Crippen LogP contribution in [0.1, 0.15) is 28.3 Å². The van der Waals surface area contributed by atoms with Crippen LogP contribution in [-0.4, -0.2) is 38.8 Å². The molecule has 2 aromatic carbocycles.